The van der Waals surface area contributed by atoms with Crippen LogP contribution in [0.2, 0.25) is 0 Å². The lowest BCUT2D eigenvalue weighted by Crippen LogP contribution is -2.30. The lowest BCUT2D eigenvalue weighted by molar-refractivity contribution is -0.167. The van der Waals surface area contributed by atoms with E-state index in [1.54, 1.807) is 0 Å². The summed E-state index contributed by atoms with van der Waals surface area (Å²) in [6, 6.07) is 0. The average molecular weight is 829 g/mol. The van der Waals surface area contributed by atoms with E-state index in [2.05, 4.69) is 69.4 Å². The van der Waals surface area contributed by atoms with Gasteiger partial charge in [0.2, 0.25) is 0 Å². The zero-order valence-electron chi connectivity index (χ0n) is 38.2. The smallest absolute Gasteiger partial charge is 0.306 e. The van der Waals surface area contributed by atoms with E-state index >= 15 is 0 Å². The van der Waals surface area contributed by atoms with Gasteiger partial charge >= 0.3 is 17.9 Å². The molecule has 0 heterocycles. The van der Waals surface area contributed by atoms with Crippen molar-refractivity contribution in [2.75, 3.05) is 13.2 Å². The summed E-state index contributed by atoms with van der Waals surface area (Å²) in [5.41, 5.74) is 0. The zero-order chi connectivity index (χ0) is 43.7. The van der Waals surface area contributed by atoms with Gasteiger partial charge in [0.1, 0.15) is 13.2 Å². The molecule has 1 unspecified atom stereocenters. The minimum atomic E-state index is -0.819. The predicted molar refractivity (Wildman–Crippen MR) is 256 cm³/mol. The number of hydrogen-bond donors (Lipinski definition) is 0. The molecule has 0 aliphatic rings. The fourth-order valence-corrected chi connectivity index (χ4v) is 5.87. The fourth-order valence-electron chi connectivity index (χ4n) is 5.87. The Morgan fingerprint density at radius 1 is 0.367 bits per heavy atom. The molecule has 0 spiro atoms. The number of hydrogen-bond acceptors (Lipinski definition) is 6. The molecule has 0 saturated carbocycles. The van der Waals surface area contributed by atoms with Gasteiger partial charge in [0, 0.05) is 19.3 Å². The molecular weight excluding hydrogens is 745 g/mol. The summed E-state index contributed by atoms with van der Waals surface area (Å²) in [5, 5.41) is 0. The summed E-state index contributed by atoms with van der Waals surface area (Å²) in [4.78, 5) is 37.7. The second-order valence-electron chi connectivity index (χ2n) is 15.1. The first kappa shape index (κ1) is 55.8. The van der Waals surface area contributed by atoms with Crippen LogP contribution in [-0.2, 0) is 28.6 Å². The van der Waals surface area contributed by atoms with Crippen molar-refractivity contribution >= 4 is 17.9 Å². The SMILES string of the molecule is CC\C=C/C=C\C=C/C=C\C=C\C=C/C=C\CCCCCC(=O)OCC(COC(=O)CCCC/C=C\C/C=C\CC)OC(=O)CCCCC/C=C\CCCCCCCCC. The van der Waals surface area contributed by atoms with E-state index < -0.39 is 6.10 Å². The summed E-state index contributed by atoms with van der Waals surface area (Å²) in [5.74, 6) is -1.03. The molecule has 1 atom stereocenters. The Bertz CT molecular complexity index is 1320. The maximum atomic E-state index is 12.7. The molecule has 0 aliphatic heterocycles. The van der Waals surface area contributed by atoms with Crippen molar-refractivity contribution in [1.82, 2.24) is 0 Å². The monoisotopic (exact) mass is 829 g/mol. The first-order chi connectivity index (χ1) is 29.5. The highest BCUT2D eigenvalue weighted by molar-refractivity contribution is 5.71. The van der Waals surface area contributed by atoms with Crippen molar-refractivity contribution in [2.24, 2.45) is 0 Å². The molecule has 0 aromatic heterocycles. The highest BCUT2D eigenvalue weighted by Gasteiger charge is 2.19. The van der Waals surface area contributed by atoms with Gasteiger partial charge in [-0.2, -0.15) is 0 Å². The van der Waals surface area contributed by atoms with Crippen LogP contribution in [0.1, 0.15) is 181 Å². The molecule has 0 aliphatic carbocycles. The van der Waals surface area contributed by atoms with Crippen LogP contribution in [0.4, 0.5) is 0 Å². The van der Waals surface area contributed by atoms with Crippen LogP contribution in [0.15, 0.2) is 122 Å². The van der Waals surface area contributed by atoms with E-state index in [0.29, 0.717) is 12.8 Å². The van der Waals surface area contributed by atoms with Crippen molar-refractivity contribution in [3.05, 3.63) is 122 Å². The number of allylic oxidation sites excluding steroid dienone is 20. The second-order valence-corrected chi connectivity index (χ2v) is 15.1. The molecule has 336 valence electrons. The van der Waals surface area contributed by atoms with Crippen molar-refractivity contribution in [2.45, 2.75) is 187 Å². The molecule has 0 amide bonds. The summed E-state index contributed by atoms with van der Waals surface area (Å²) in [6.07, 6.45) is 64.7. The van der Waals surface area contributed by atoms with Gasteiger partial charge < -0.3 is 14.2 Å². The average Bonchev–Trinajstić information content (AvgIpc) is 3.24. The number of esters is 3. The van der Waals surface area contributed by atoms with Gasteiger partial charge in [0.25, 0.3) is 0 Å². The number of ether oxygens (including phenoxy) is 3. The molecular formula is C54H84O6. The lowest BCUT2D eigenvalue weighted by Gasteiger charge is -2.18. The first-order valence-corrected chi connectivity index (χ1v) is 23.6. The molecule has 0 aromatic carbocycles. The molecule has 0 bridgehead atoms. The quantitative estimate of drug-likeness (QED) is 0.0201. The van der Waals surface area contributed by atoms with E-state index in [4.69, 9.17) is 14.2 Å². The Morgan fingerprint density at radius 3 is 1.25 bits per heavy atom. The Balaban J connectivity index is 4.52. The van der Waals surface area contributed by atoms with Gasteiger partial charge in [-0.15, -0.1) is 0 Å². The number of carbonyl (C=O) groups is 3. The number of carbonyl (C=O) groups excluding carboxylic acids is 3. The van der Waals surface area contributed by atoms with E-state index in [1.807, 2.05) is 72.9 Å². The Hall–Kier alpha value is -4.19. The van der Waals surface area contributed by atoms with E-state index in [-0.39, 0.29) is 37.5 Å². The van der Waals surface area contributed by atoms with E-state index in [9.17, 15) is 14.4 Å². The van der Waals surface area contributed by atoms with Crippen LogP contribution in [0.5, 0.6) is 0 Å². The number of unbranched alkanes of at least 4 members (excludes halogenated alkanes) is 15. The van der Waals surface area contributed by atoms with Gasteiger partial charge in [0.15, 0.2) is 6.10 Å². The Kier molecular flexibility index (Phi) is 44.2. The van der Waals surface area contributed by atoms with Crippen molar-refractivity contribution < 1.29 is 28.6 Å². The molecule has 0 aromatic rings. The van der Waals surface area contributed by atoms with Crippen LogP contribution < -0.4 is 0 Å². The van der Waals surface area contributed by atoms with E-state index in [0.717, 1.165) is 96.3 Å². The number of rotatable bonds is 40. The van der Waals surface area contributed by atoms with Crippen molar-refractivity contribution in [1.29, 1.82) is 0 Å². The Morgan fingerprint density at radius 2 is 0.733 bits per heavy atom. The third kappa shape index (κ3) is 44.9. The highest BCUT2D eigenvalue weighted by Crippen LogP contribution is 2.12. The molecule has 6 heteroatoms. The first-order valence-electron chi connectivity index (χ1n) is 23.6. The van der Waals surface area contributed by atoms with Gasteiger partial charge in [-0.05, 0) is 89.9 Å². The predicted octanol–water partition coefficient (Wildman–Crippen LogP) is 15.4. The van der Waals surface area contributed by atoms with Crippen LogP contribution >= 0.6 is 0 Å². The Labute approximate surface area is 367 Å². The van der Waals surface area contributed by atoms with Gasteiger partial charge in [0.05, 0.1) is 0 Å². The standard InChI is InChI=1S/C54H84O6/c1-4-7-10-13-16-19-21-23-25-26-27-28-29-31-32-35-38-41-44-47-53(56)59-50-51(49-58-52(55)46-43-40-37-34-18-15-12-9-6-3)60-54(57)48-45-42-39-36-33-30-24-22-20-17-14-11-8-5-2/h7,9-10,12-13,16,18-19,21,23,25-34,51H,4-6,8,11,14-15,17,20,22,24,35-50H2,1-3H3/b10-7-,12-9-,16-13-,21-19-,25-23-,27-26+,29-28-,32-31-,33-30-,34-18-. The van der Waals surface area contributed by atoms with Gasteiger partial charge in [-0.3, -0.25) is 14.4 Å². The fraction of sp³-hybridized carbons (Fsp3) is 0.574. The summed E-state index contributed by atoms with van der Waals surface area (Å²) >= 11 is 0. The second kappa shape index (κ2) is 47.5. The van der Waals surface area contributed by atoms with Gasteiger partial charge in [-0.25, -0.2) is 0 Å². The highest BCUT2D eigenvalue weighted by atomic mass is 16.6. The third-order valence-electron chi connectivity index (χ3n) is 9.38. The third-order valence-corrected chi connectivity index (χ3v) is 9.38. The molecule has 0 saturated heterocycles. The zero-order valence-corrected chi connectivity index (χ0v) is 38.2. The normalized spacial score (nSPS) is 13.2. The molecule has 0 N–H and O–H groups in total. The van der Waals surface area contributed by atoms with Crippen molar-refractivity contribution in [3.8, 4) is 0 Å². The lowest BCUT2D eigenvalue weighted by atomic mass is 10.1. The largest absolute Gasteiger partial charge is 0.462 e. The minimum Gasteiger partial charge on any atom is -0.462 e. The van der Waals surface area contributed by atoms with Crippen molar-refractivity contribution in [3.63, 3.8) is 0 Å². The van der Waals surface area contributed by atoms with Crippen LogP contribution in [0, 0.1) is 0 Å². The minimum absolute atomic E-state index is 0.120. The molecule has 0 rings (SSSR count). The summed E-state index contributed by atoms with van der Waals surface area (Å²) in [6.45, 7) is 6.25. The summed E-state index contributed by atoms with van der Waals surface area (Å²) in [7, 11) is 0. The van der Waals surface area contributed by atoms with Crippen LogP contribution in [0.25, 0.3) is 0 Å². The van der Waals surface area contributed by atoms with E-state index in [1.165, 1.54) is 44.9 Å². The van der Waals surface area contributed by atoms with Crippen LogP contribution in [0.3, 0.4) is 0 Å². The molecule has 60 heavy (non-hydrogen) atoms. The molecule has 0 fully saturated rings. The topological polar surface area (TPSA) is 78.9 Å². The van der Waals surface area contributed by atoms with Gasteiger partial charge in [-0.1, -0.05) is 194 Å². The maximum Gasteiger partial charge on any atom is 0.306 e. The van der Waals surface area contributed by atoms with Crippen LogP contribution in [-0.4, -0.2) is 37.2 Å². The summed E-state index contributed by atoms with van der Waals surface area (Å²) < 4.78 is 16.6. The molecule has 6 nitrogen and oxygen atoms in total. The molecule has 0 radical (unpaired) electrons. The maximum absolute atomic E-state index is 12.7.